The number of nitrogens with zero attached hydrogens (tertiary/aromatic N) is 2. The van der Waals surface area contributed by atoms with Gasteiger partial charge in [0.2, 0.25) is 0 Å². The minimum absolute atomic E-state index is 0.350. The van der Waals surface area contributed by atoms with Crippen LogP contribution in [0.25, 0.3) is 11.3 Å². The average molecular weight is 336 g/mol. The van der Waals surface area contributed by atoms with Crippen LogP contribution < -0.4 is 27.5 Å². The van der Waals surface area contributed by atoms with Crippen LogP contribution in [0.1, 0.15) is 11.3 Å². The number of methoxy groups -OCH3 is 1. The van der Waals surface area contributed by atoms with Crippen molar-refractivity contribution in [2.75, 3.05) is 24.0 Å². The van der Waals surface area contributed by atoms with Crippen LogP contribution in [-0.2, 0) is 6.42 Å². The molecule has 7 heteroatoms. The van der Waals surface area contributed by atoms with Crippen LogP contribution in [0.15, 0.2) is 48.5 Å². The Labute approximate surface area is 145 Å². The second-order valence-corrected chi connectivity index (χ2v) is 5.53. The Morgan fingerprint density at radius 2 is 1.80 bits per heavy atom. The molecule has 0 atom stereocenters. The molecule has 0 aliphatic rings. The van der Waals surface area contributed by atoms with Gasteiger partial charge < -0.3 is 21.6 Å². The fourth-order valence-corrected chi connectivity index (χ4v) is 2.58. The summed E-state index contributed by atoms with van der Waals surface area (Å²) in [5.41, 5.74) is 18.4. The number of benzene rings is 1. The van der Waals surface area contributed by atoms with Crippen LogP contribution in [0.5, 0.6) is 5.75 Å². The van der Waals surface area contributed by atoms with Gasteiger partial charge in [0.15, 0.2) is 5.82 Å². The first-order valence-corrected chi connectivity index (χ1v) is 7.72. The van der Waals surface area contributed by atoms with E-state index in [0.717, 1.165) is 28.3 Å². The van der Waals surface area contributed by atoms with Crippen molar-refractivity contribution in [3.05, 3.63) is 59.8 Å². The van der Waals surface area contributed by atoms with Crippen molar-refractivity contribution in [1.82, 2.24) is 9.97 Å². The summed E-state index contributed by atoms with van der Waals surface area (Å²) in [6, 6.07) is 15.4. The van der Waals surface area contributed by atoms with Gasteiger partial charge in [-0.2, -0.15) is 0 Å². The van der Waals surface area contributed by atoms with E-state index in [1.54, 1.807) is 13.2 Å². The summed E-state index contributed by atoms with van der Waals surface area (Å²) in [5.74, 6) is 6.95. The molecule has 0 unspecified atom stereocenters. The lowest BCUT2D eigenvalue weighted by molar-refractivity contribution is 0.415. The minimum Gasteiger partial charge on any atom is -0.497 e. The molecule has 128 valence electrons. The van der Waals surface area contributed by atoms with Crippen molar-refractivity contribution in [1.29, 1.82) is 0 Å². The lowest BCUT2D eigenvalue weighted by Crippen LogP contribution is -2.13. The molecule has 7 nitrogen and oxygen atoms in total. The first-order chi connectivity index (χ1) is 12.1. The van der Waals surface area contributed by atoms with Crippen LogP contribution in [0.2, 0.25) is 0 Å². The fraction of sp³-hybridized carbons (Fsp3) is 0.111. The highest BCUT2D eigenvalue weighted by atomic mass is 16.5. The molecule has 3 rings (SSSR count). The van der Waals surface area contributed by atoms with Crippen molar-refractivity contribution in [2.45, 2.75) is 6.42 Å². The number of aromatic nitrogens is 2. The average Bonchev–Trinajstić information content (AvgIpc) is 2.64. The van der Waals surface area contributed by atoms with Gasteiger partial charge in [-0.1, -0.05) is 6.07 Å². The van der Waals surface area contributed by atoms with Crippen LogP contribution in [0.3, 0.4) is 0 Å². The molecule has 2 heterocycles. The smallest absolute Gasteiger partial charge is 0.165 e. The van der Waals surface area contributed by atoms with E-state index in [1.165, 1.54) is 0 Å². The first kappa shape index (κ1) is 16.5. The van der Waals surface area contributed by atoms with Crippen LogP contribution >= 0.6 is 0 Å². The van der Waals surface area contributed by atoms with Crippen molar-refractivity contribution < 1.29 is 4.74 Å². The van der Waals surface area contributed by atoms with Crippen molar-refractivity contribution in [3.8, 4) is 17.0 Å². The summed E-state index contributed by atoms with van der Waals surface area (Å²) in [6.07, 6.45) is 0.525. The van der Waals surface area contributed by atoms with E-state index in [9.17, 15) is 0 Å². The second-order valence-electron chi connectivity index (χ2n) is 5.53. The zero-order chi connectivity index (χ0) is 17.8. The van der Waals surface area contributed by atoms with Crippen molar-refractivity contribution >= 4 is 17.3 Å². The van der Waals surface area contributed by atoms with E-state index in [1.807, 2.05) is 42.5 Å². The fourth-order valence-electron chi connectivity index (χ4n) is 2.58. The maximum atomic E-state index is 6.09. The summed E-state index contributed by atoms with van der Waals surface area (Å²) < 4.78 is 5.19. The third-order valence-electron chi connectivity index (χ3n) is 3.86. The molecular formula is C18H20N6O. The summed E-state index contributed by atoms with van der Waals surface area (Å²) >= 11 is 0. The van der Waals surface area contributed by atoms with Gasteiger partial charge in [0.05, 0.1) is 18.5 Å². The maximum absolute atomic E-state index is 6.09. The standard InChI is InChI=1S/C18H20N6O/c1-25-14-7-5-11(6-8-14)15-4-2-3-13(22-15)9-12-10-16(19)23-18(24-21)17(12)20/h2-8,10H,9,20-21H2,1H3,(H3,19,23,24). The molecule has 0 bridgehead atoms. The van der Waals surface area contributed by atoms with Gasteiger partial charge in [-0.05, 0) is 48.0 Å². The van der Waals surface area contributed by atoms with E-state index in [-0.39, 0.29) is 0 Å². The van der Waals surface area contributed by atoms with Crippen LogP contribution in [0, 0.1) is 0 Å². The Morgan fingerprint density at radius 1 is 1.04 bits per heavy atom. The lowest BCUT2D eigenvalue weighted by atomic mass is 10.1. The van der Waals surface area contributed by atoms with Crippen molar-refractivity contribution in [3.63, 3.8) is 0 Å². The normalized spacial score (nSPS) is 10.5. The number of nitrogen functional groups attached to an aromatic ring is 3. The van der Waals surface area contributed by atoms with Gasteiger partial charge in [-0.25, -0.2) is 10.8 Å². The molecule has 25 heavy (non-hydrogen) atoms. The molecule has 0 spiro atoms. The third kappa shape index (κ3) is 3.61. The molecule has 1 aromatic carbocycles. The number of pyridine rings is 2. The molecule has 2 aromatic heterocycles. The molecule has 3 aromatic rings. The Bertz CT molecular complexity index is 879. The number of nitrogens with one attached hydrogen (secondary N) is 1. The highest BCUT2D eigenvalue weighted by Crippen LogP contribution is 2.26. The van der Waals surface area contributed by atoms with Crippen LogP contribution in [-0.4, -0.2) is 17.1 Å². The summed E-state index contributed by atoms with van der Waals surface area (Å²) in [4.78, 5) is 8.77. The number of hydrogen-bond acceptors (Lipinski definition) is 7. The number of ether oxygens (including phenoxy) is 1. The van der Waals surface area contributed by atoms with Gasteiger partial charge in [-0.15, -0.1) is 0 Å². The van der Waals surface area contributed by atoms with Gasteiger partial charge in [0.1, 0.15) is 11.6 Å². The number of nitrogens with two attached hydrogens (primary N) is 3. The highest BCUT2D eigenvalue weighted by Gasteiger charge is 2.10. The Kier molecular flexibility index (Phi) is 4.67. The number of rotatable bonds is 5. The minimum atomic E-state index is 0.350. The number of anilines is 3. The topological polar surface area (TPSA) is 125 Å². The number of hydrogen-bond donors (Lipinski definition) is 4. The van der Waals surface area contributed by atoms with Crippen LogP contribution in [0.4, 0.5) is 17.3 Å². The molecule has 0 fully saturated rings. The molecule has 0 amide bonds. The van der Waals surface area contributed by atoms with Gasteiger partial charge in [0, 0.05) is 17.7 Å². The molecule has 7 N–H and O–H groups in total. The van der Waals surface area contributed by atoms with E-state index >= 15 is 0 Å². The quantitative estimate of drug-likeness (QED) is 0.416. The zero-order valence-corrected chi connectivity index (χ0v) is 13.9. The largest absolute Gasteiger partial charge is 0.497 e. The molecule has 0 saturated heterocycles. The van der Waals surface area contributed by atoms with Gasteiger partial charge in [0.25, 0.3) is 0 Å². The summed E-state index contributed by atoms with van der Waals surface area (Å²) in [7, 11) is 1.64. The lowest BCUT2D eigenvalue weighted by Gasteiger charge is -2.11. The van der Waals surface area contributed by atoms with Gasteiger partial charge in [-0.3, -0.25) is 4.98 Å². The predicted octanol–water partition coefficient (Wildman–Crippen LogP) is 2.19. The monoisotopic (exact) mass is 336 g/mol. The van der Waals surface area contributed by atoms with E-state index in [4.69, 9.17) is 27.0 Å². The molecular weight excluding hydrogens is 316 g/mol. The Morgan fingerprint density at radius 3 is 2.48 bits per heavy atom. The Balaban J connectivity index is 1.91. The SMILES string of the molecule is COc1ccc(-c2cccc(Cc3cc(N)nc(NN)c3N)n2)cc1. The number of hydrazine groups is 1. The van der Waals surface area contributed by atoms with E-state index in [2.05, 4.69) is 10.4 Å². The van der Waals surface area contributed by atoms with Crippen molar-refractivity contribution in [2.24, 2.45) is 5.84 Å². The Hall–Kier alpha value is -3.32. The second kappa shape index (κ2) is 7.06. The first-order valence-electron chi connectivity index (χ1n) is 7.72. The highest BCUT2D eigenvalue weighted by molar-refractivity contribution is 5.69. The molecule has 0 radical (unpaired) electrons. The summed E-state index contributed by atoms with van der Waals surface area (Å²) in [6.45, 7) is 0. The maximum Gasteiger partial charge on any atom is 0.165 e. The molecule has 0 saturated carbocycles. The molecule has 0 aliphatic heterocycles. The predicted molar refractivity (Wildman–Crippen MR) is 99.9 cm³/mol. The summed E-state index contributed by atoms with van der Waals surface area (Å²) in [5, 5.41) is 0. The third-order valence-corrected chi connectivity index (χ3v) is 3.86. The zero-order valence-electron chi connectivity index (χ0n) is 13.9. The van der Waals surface area contributed by atoms with Gasteiger partial charge >= 0.3 is 0 Å². The van der Waals surface area contributed by atoms with E-state index < -0.39 is 0 Å². The van der Waals surface area contributed by atoms with E-state index in [0.29, 0.717) is 23.7 Å². The molecule has 0 aliphatic carbocycles.